The van der Waals surface area contributed by atoms with Crippen LogP contribution in [0.5, 0.6) is 0 Å². The van der Waals surface area contributed by atoms with Crippen molar-refractivity contribution in [2.45, 2.75) is 51.6 Å². The molecule has 2 rings (SSSR count). The number of carbonyl (C=O) groups is 2. The maximum Gasteiger partial charge on any atom is 0.315 e. The van der Waals surface area contributed by atoms with Gasteiger partial charge in [-0.2, -0.15) is 4.98 Å². The van der Waals surface area contributed by atoms with Crippen molar-refractivity contribution in [2.75, 3.05) is 6.54 Å². The molecule has 1 aliphatic rings. The second-order valence-electron chi connectivity index (χ2n) is 5.22. The van der Waals surface area contributed by atoms with Gasteiger partial charge in [-0.15, -0.1) is 0 Å². The number of urea groups is 1. The first-order chi connectivity index (χ1) is 10.1. The van der Waals surface area contributed by atoms with Crippen LogP contribution in [0.25, 0.3) is 0 Å². The highest BCUT2D eigenvalue weighted by atomic mass is 16.5. The first-order valence-electron chi connectivity index (χ1n) is 7.22. The molecule has 2 unspecified atom stereocenters. The van der Waals surface area contributed by atoms with Crippen molar-refractivity contribution in [1.82, 2.24) is 26.1 Å². The van der Waals surface area contributed by atoms with Gasteiger partial charge in [0.1, 0.15) is 0 Å². The van der Waals surface area contributed by atoms with Crippen LogP contribution in [0.1, 0.15) is 50.7 Å². The van der Waals surface area contributed by atoms with Crippen molar-refractivity contribution >= 4 is 11.9 Å². The van der Waals surface area contributed by atoms with Crippen LogP contribution in [0.15, 0.2) is 4.52 Å². The minimum Gasteiger partial charge on any atom is -0.356 e. The van der Waals surface area contributed by atoms with Gasteiger partial charge < -0.3 is 20.5 Å². The Morgan fingerprint density at radius 1 is 1.57 bits per heavy atom. The molecule has 1 aliphatic heterocycles. The number of nitrogens with one attached hydrogen (secondary N) is 3. The number of aromatic nitrogens is 2. The lowest BCUT2D eigenvalue weighted by Gasteiger charge is -2.18. The van der Waals surface area contributed by atoms with E-state index in [-0.39, 0.29) is 30.4 Å². The molecular weight excluding hydrogens is 274 g/mol. The molecule has 0 bridgehead atoms. The van der Waals surface area contributed by atoms with Gasteiger partial charge in [0.2, 0.25) is 11.8 Å². The fraction of sp³-hybridized carbons (Fsp3) is 0.692. The van der Waals surface area contributed by atoms with Gasteiger partial charge in [-0.1, -0.05) is 12.1 Å². The Morgan fingerprint density at radius 2 is 2.38 bits per heavy atom. The van der Waals surface area contributed by atoms with E-state index in [9.17, 15) is 9.59 Å². The largest absolute Gasteiger partial charge is 0.356 e. The highest BCUT2D eigenvalue weighted by Crippen LogP contribution is 2.22. The van der Waals surface area contributed by atoms with Gasteiger partial charge >= 0.3 is 6.03 Å². The molecular formula is C13H21N5O3. The molecule has 0 radical (unpaired) electrons. The van der Waals surface area contributed by atoms with Gasteiger partial charge in [0.25, 0.3) is 0 Å². The summed E-state index contributed by atoms with van der Waals surface area (Å²) < 4.78 is 5.10. The Morgan fingerprint density at radius 3 is 3.10 bits per heavy atom. The molecule has 1 saturated heterocycles. The van der Waals surface area contributed by atoms with Crippen LogP contribution >= 0.6 is 0 Å². The third-order valence-electron chi connectivity index (χ3n) is 3.49. The molecule has 2 atom stereocenters. The Bertz CT molecular complexity index is 502. The van der Waals surface area contributed by atoms with Crippen LogP contribution in [0.3, 0.4) is 0 Å². The molecule has 0 spiro atoms. The summed E-state index contributed by atoms with van der Waals surface area (Å²) in [7, 11) is 0. The van der Waals surface area contributed by atoms with Crippen LogP contribution in [0.2, 0.25) is 0 Å². The van der Waals surface area contributed by atoms with Crippen molar-refractivity contribution in [3.63, 3.8) is 0 Å². The Balaban J connectivity index is 1.83. The Kier molecular flexibility index (Phi) is 5.13. The van der Waals surface area contributed by atoms with Gasteiger partial charge in [0.05, 0.1) is 6.54 Å². The van der Waals surface area contributed by atoms with Crippen molar-refractivity contribution in [1.29, 1.82) is 0 Å². The van der Waals surface area contributed by atoms with E-state index in [0.717, 1.165) is 12.8 Å². The SMILES string of the molecule is CCC(C)NC(=O)NCc1nc(C2CCNC(=O)C2)no1. The summed E-state index contributed by atoms with van der Waals surface area (Å²) in [6.07, 6.45) is 2.04. The predicted octanol–water partition coefficient (Wildman–Crippen LogP) is 0.661. The summed E-state index contributed by atoms with van der Waals surface area (Å²) in [5.41, 5.74) is 0. The summed E-state index contributed by atoms with van der Waals surface area (Å²) in [6.45, 7) is 4.73. The average Bonchev–Trinajstić information content (AvgIpc) is 2.94. The minimum absolute atomic E-state index is 0.00339. The van der Waals surface area contributed by atoms with Gasteiger partial charge in [-0.05, 0) is 19.8 Å². The van der Waals surface area contributed by atoms with E-state index in [2.05, 4.69) is 26.1 Å². The molecule has 1 fully saturated rings. The van der Waals surface area contributed by atoms with Crippen molar-refractivity contribution in [3.05, 3.63) is 11.7 Å². The lowest BCUT2D eigenvalue weighted by Crippen LogP contribution is -2.40. The van der Waals surface area contributed by atoms with Crippen molar-refractivity contribution in [3.8, 4) is 0 Å². The monoisotopic (exact) mass is 295 g/mol. The zero-order valence-electron chi connectivity index (χ0n) is 12.3. The zero-order valence-corrected chi connectivity index (χ0v) is 12.3. The lowest BCUT2D eigenvalue weighted by molar-refractivity contribution is -0.122. The minimum atomic E-state index is -0.263. The predicted molar refractivity (Wildman–Crippen MR) is 74.4 cm³/mol. The summed E-state index contributed by atoms with van der Waals surface area (Å²) in [5.74, 6) is 0.869. The number of hydrogen-bond donors (Lipinski definition) is 3. The van der Waals surface area contributed by atoms with Crippen LogP contribution in [0, 0.1) is 0 Å². The number of nitrogens with zero attached hydrogens (tertiary/aromatic N) is 2. The van der Waals surface area contributed by atoms with Gasteiger partial charge in [0, 0.05) is 24.9 Å². The molecule has 0 aromatic carbocycles. The van der Waals surface area contributed by atoms with E-state index in [1.165, 1.54) is 0 Å². The van der Waals surface area contributed by atoms with E-state index in [4.69, 9.17) is 4.52 Å². The van der Waals surface area contributed by atoms with Crippen LogP contribution in [0.4, 0.5) is 4.79 Å². The van der Waals surface area contributed by atoms with Crippen LogP contribution in [-0.4, -0.2) is 34.7 Å². The Hall–Kier alpha value is -2.12. The molecule has 0 aliphatic carbocycles. The summed E-state index contributed by atoms with van der Waals surface area (Å²) in [5, 5.41) is 12.1. The van der Waals surface area contributed by atoms with Gasteiger partial charge in [-0.25, -0.2) is 4.79 Å². The second kappa shape index (κ2) is 7.05. The number of hydrogen-bond acceptors (Lipinski definition) is 5. The molecule has 3 amide bonds. The Labute approximate surface area is 123 Å². The fourth-order valence-electron chi connectivity index (χ4n) is 2.04. The number of rotatable bonds is 5. The molecule has 1 aromatic rings. The number of amides is 3. The molecule has 8 nitrogen and oxygen atoms in total. The first kappa shape index (κ1) is 15.3. The molecule has 0 saturated carbocycles. The highest BCUT2D eigenvalue weighted by Gasteiger charge is 2.25. The quantitative estimate of drug-likeness (QED) is 0.739. The van der Waals surface area contributed by atoms with Crippen molar-refractivity contribution < 1.29 is 14.1 Å². The standard InChI is InChI=1S/C13H21N5O3/c1-3-8(2)16-13(20)15-7-11-17-12(18-21-11)9-4-5-14-10(19)6-9/h8-9H,3-7H2,1-2H3,(H,14,19)(H2,15,16,20). The van der Waals surface area contributed by atoms with Gasteiger partial charge in [0.15, 0.2) is 5.82 Å². The maximum absolute atomic E-state index is 11.6. The van der Waals surface area contributed by atoms with Gasteiger partial charge in [-0.3, -0.25) is 4.79 Å². The molecule has 21 heavy (non-hydrogen) atoms. The maximum atomic E-state index is 11.6. The topological polar surface area (TPSA) is 109 Å². The summed E-state index contributed by atoms with van der Waals surface area (Å²) in [4.78, 5) is 27.1. The molecule has 8 heteroatoms. The van der Waals surface area contributed by atoms with Crippen LogP contribution in [-0.2, 0) is 11.3 Å². The smallest absolute Gasteiger partial charge is 0.315 e. The third-order valence-corrected chi connectivity index (χ3v) is 3.49. The number of carbonyl (C=O) groups excluding carboxylic acids is 2. The normalized spacial score (nSPS) is 19.7. The first-order valence-corrected chi connectivity index (χ1v) is 7.22. The van der Waals surface area contributed by atoms with Crippen molar-refractivity contribution in [2.24, 2.45) is 0 Å². The highest BCUT2D eigenvalue weighted by molar-refractivity contribution is 5.77. The van der Waals surface area contributed by atoms with E-state index >= 15 is 0 Å². The second-order valence-corrected chi connectivity index (χ2v) is 5.22. The van der Waals surface area contributed by atoms with E-state index in [1.807, 2.05) is 13.8 Å². The molecule has 1 aromatic heterocycles. The summed E-state index contributed by atoms with van der Waals surface area (Å²) in [6, 6.07) is -0.148. The average molecular weight is 295 g/mol. The number of piperidine rings is 1. The van der Waals surface area contributed by atoms with E-state index < -0.39 is 0 Å². The molecule has 3 N–H and O–H groups in total. The van der Waals surface area contributed by atoms with E-state index in [0.29, 0.717) is 24.7 Å². The van der Waals surface area contributed by atoms with Crippen LogP contribution < -0.4 is 16.0 Å². The van der Waals surface area contributed by atoms with E-state index in [1.54, 1.807) is 0 Å². The lowest BCUT2D eigenvalue weighted by atomic mass is 9.97. The molecule has 2 heterocycles. The fourth-order valence-corrected chi connectivity index (χ4v) is 2.04. The molecule has 116 valence electrons. The third kappa shape index (κ3) is 4.44. The summed E-state index contributed by atoms with van der Waals surface area (Å²) >= 11 is 0. The zero-order chi connectivity index (χ0) is 15.2.